The van der Waals surface area contributed by atoms with E-state index < -0.39 is 5.97 Å². The smallest absolute Gasteiger partial charge is 0.338 e. The molecule has 1 heterocycles. The Labute approximate surface area is 122 Å². The van der Waals surface area contributed by atoms with Gasteiger partial charge in [0.15, 0.2) is 0 Å². The highest BCUT2D eigenvalue weighted by molar-refractivity contribution is 8.00. The standard InChI is InChI=1S/C13H10FNO3S2/c14-8-1-3-9(4-2-8)20-7-11(16)15-12-10(13(17)18)5-6-19-12/h1-6H,7H2,(H,15,16)(H,17,18). The number of hydrogen-bond acceptors (Lipinski definition) is 4. The van der Waals surface area contributed by atoms with Crippen molar-refractivity contribution in [3.05, 3.63) is 47.1 Å². The zero-order valence-corrected chi connectivity index (χ0v) is 11.8. The maximum atomic E-state index is 12.7. The molecule has 0 aliphatic carbocycles. The number of carbonyl (C=O) groups is 2. The largest absolute Gasteiger partial charge is 0.478 e. The molecule has 20 heavy (non-hydrogen) atoms. The van der Waals surface area contributed by atoms with E-state index in [0.29, 0.717) is 5.00 Å². The summed E-state index contributed by atoms with van der Waals surface area (Å²) < 4.78 is 12.7. The van der Waals surface area contributed by atoms with Crippen LogP contribution in [-0.4, -0.2) is 22.7 Å². The van der Waals surface area contributed by atoms with Gasteiger partial charge in [0, 0.05) is 4.90 Å². The normalized spacial score (nSPS) is 10.2. The third-order valence-electron chi connectivity index (χ3n) is 2.33. The first-order valence-electron chi connectivity index (χ1n) is 5.55. The van der Waals surface area contributed by atoms with Crippen molar-refractivity contribution in [3.8, 4) is 0 Å². The van der Waals surface area contributed by atoms with E-state index in [9.17, 15) is 14.0 Å². The van der Waals surface area contributed by atoms with Crippen LogP contribution in [0.3, 0.4) is 0 Å². The quantitative estimate of drug-likeness (QED) is 0.831. The number of halogens is 1. The average Bonchev–Trinajstić information content (AvgIpc) is 2.86. The monoisotopic (exact) mass is 311 g/mol. The van der Waals surface area contributed by atoms with Crippen LogP contribution in [0, 0.1) is 5.82 Å². The highest BCUT2D eigenvalue weighted by Crippen LogP contribution is 2.24. The van der Waals surface area contributed by atoms with E-state index in [2.05, 4.69) is 5.32 Å². The Morgan fingerprint density at radius 1 is 1.25 bits per heavy atom. The molecule has 4 nitrogen and oxygen atoms in total. The van der Waals surface area contributed by atoms with Crippen molar-refractivity contribution < 1.29 is 19.1 Å². The van der Waals surface area contributed by atoms with E-state index >= 15 is 0 Å². The van der Waals surface area contributed by atoms with Gasteiger partial charge in [0.25, 0.3) is 0 Å². The number of amides is 1. The number of thioether (sulfide) groups is 1. The first-order chi connectivity index (χ1) is 9.56. The molecule has 0 aliphatic rings. The van der Waals surface area contributed by atoms with Gasteiger partial charge in [-0.05, 0) is 35.7 Å². The molecule has 104 valence electrons. The Kier molecular flexibility index (Phi) is 4.75. The summed E-state index contributed by atoms with van der Waals surface area (Å²) in [5.74, 6) is -1.58. The van der Waals surface area contributed by atoms with E-state index in [4.69, 9.17) is 5.11 Å². The molecule has 0 atom stereocenters. The third-order valence-corrected chi connectivity index (χ3v) is 4.17. The van der Waals surface area contributed by atoms with Gasteiger partial charge in [-0.25, -0.2) is 9.18 Å². The molecule has 1 amide bonds. The van der Waals surface area contributed by atoms with E-state index in [-0.39, 0.29) is 23.0 Å². The number of carbonyl (C=O) groups excluding carboxylic acids is 1. The topological polar surface area (TPSA) is 66.4 Å². The number of hydrogen-bond donors (Lipinski definition) is 2. The molecular formula is C13H10FNO3S2. The fourth-order valence-corrected chi connectivity index (χ4v) is 2.91. The second-order valence-corrected chi connectivity index (χ2v) is 5.72. The number of carboxylic acid groups (broad SMARTS) is 1. The van der Waals surface area contributed by atoms with E-state index in [1.54, 1.807) is 17.5 Å². The second kappa shape index (κ2) is 6.53. The fraction of sp³-hybridized carbons (Fsp3) is 0.0769. The molecule has 0 spiro atoms. The van der Waals surface area contributed by atoms with Gasteiger partial charge in [0.2, 0.25) is 5.91 Å². The predicted molar refractivity (Wildman–Crippen MR) is 77.0 cm³/mol. The van der Waals surface area contributed by atoms with E-state index in [1.165, 1.54) is 30.0 Å². The molecule has 1 aromatic heterocycles. The Balaban J connectivity index is 1.91. The minimum absolute atomic E-state index is 0.0788. The first kappa shape index (κ1) is 14.5. The van der Waals surface area contributed by atoms with Crippen LogP contribution in [-0.2, 0) is 4.79 Å². The number of thiophene rings is 1. The van der Waals surface area contributed by atoms with Crippen molar-refractivity contribution in [2.24, 2.45) is 0 Å². The predicted octanol–water partition coefficient (Wildman–Crippen LogP) is 3.32. The minimum atomic E-state index is -1.08. The van der Waals surface area contributed by atoms with Crippen molar-refractivity contribution in [3.63, 3.8) is 0 Å². The van der Waals surface area contributed by atoms with Crippen LogP contribution < -0.4 is 5.32 Å². The molecule has 0 fully saturated rings. The van der Waals surface area contributed by atoms with Crippen molar-refractivity contribution in [2.75, 3.05) is 11.1 Å². The molecule has 0 radical (unpaired) electrons. The summed E-state index contributed by atoms with van der Waals surface area (Å²) in [7, 11) is 0. The summed E-state index contributed by atoms with van der Waals surface area (Å²) in [5.41, 5.74) is 0.0788. The zero-order chi connectivity index (χ0) is 14.5. The van der Waals surface area contributed by atoms with Gasteiger partial charge in [0.1, 0.15) is 10.8 Å². The molecule has 7 heteroatoms. The number of rotatable bonds is 5. The maximum Gasteiger partial charge on any atom is 0.338 e. The van der Waals surface area contributed by atoms with Crippen LogP contribution in [0.25, 0.3) is 0 Å². The molecule has 0 bridgehead atoms. The summed E-state index contributed by atoms with van der Waals surface area (Å²) >= 11 is 2.41. The Hall–Kier alpha value is -1.86. The van der Waals surface area contributed by atoms with Crippen molar-refractivity contribution in [1.29, 1.82) is 0 Å². The molecule has 0 saturated heterocycles. The molecule has 1 aromatic carbocycles. The molecule has 0 unspecified atom stereocenters. The highest BCUT2D eigenvalue weighted by Gasteiger charge is 2.13. The van der Waals surface area contributed by atoms with E-state index in [1.807, 2.05) is 0 Å². The number of benzene rings is 1. The van der Waals surface area contributed by atoms with Gasteiger partial charge in [-0.3, -0.25) is 4.79 Å². The fourth-order valence-electron chi connectivity index (χ4n) is 1.42. The van der Waals surface area contributed by atoms with Gasteiger partial charge in [0.05, 0.1) is 11.3 Å². The highest BCUT2D eigenvalue weighted by atomic mass is 32.2. The Morgan fingerprint density at radius 3 is 2.60 bits per heavy atom. The van der Waals surface area contributed by atoms with Gasteiger partial charge < -0.3 is 10.4 Å². The molecule has 0 saturated carbocycles. The number of aromatic carboxylic acids is 1. The molecule has 0 aliphatic heterocycles. The molecule has 2 aromatic rings. The van der Waals surface area contributed by atoms with Gasteiger partial charge in [-0.2, -0.15) is 0 Å². The zero-order valence-electron chi connectivity index (χ0n) is 10.1. The van der Waals surface area contributed by atoms with E-state index in [0.717, 1.165) is 16.2 Å². The number of anilines is 1. The lowest BCUT2D eigenvalue weighted by Gasteiger charge is -2.04. The SMILES string of the molecule is O=C(CSc1ccc(F)cc1)Nc1sccc1C(=O)O. The second-order valence-electron chi connectivity index (χ2n) is 3.76. The third kappa shape index (κ3) is 3.82. The van der Waals surface area contributed by atoms with Gasteiger partial charge >= 0.3 is 5.97 Å². The maximum absolute atomic E-state index is 12.7. The number of carboxylic acids is 1. The van der Waals surface area contributed by atoms with Crippen LogP contribution >= 0.6 is 23.1 Å². The minimum Gasteiger partial charge on any atom is -0.478 e. The van der Waals surface area contributed by atoms with Crippen LogP contribution in [0.5, 0.6) is 0 Å². The summed E-state index contributed by atoms with van der Waals surface area (Å²) in [5, 5.41) is 13.4. The van der Waals surface area contributed by atoms with Crippen LogP contribution in [0.2, 0.25) is 0 Å². The summed E-state index contributed by atoms with van der Waals surface area (Å²) in [6.07, 6.45) is 0. The van der Waals surface area contributed by atoms with Crippen LogP contribution in [0.4, 0.5) is 9.39 Å². The van der Waals surface area contributed by atoms with Crippen LogP contribution in [0.1, 0.15) is 10.4 Å². The molecule has 2 rings (SSSR count). The molecule has 2 N–H and O–H groups in total. The summed E-state index contributed by atoms with van der Waals surface area (Å²) in [6, 6.07) is 7.25. The number of nitrogens with one attached hydrogen (secondary N) is 1. The van der Waals surface area contributed by atoms with Crippen molar-refractivity contribution in [1.82, 2.24) is 0 Å². The summed E-state index contributed by atoms with van der Waals surface area (Å²) in [4.78, 5) is 23.4. The van der Waals surface area contributed by atoms with Crippen molar-refractivity contribution >= 4 is 40.0 Å². The lowest BCUT2D eigenvalue weighted by atomic mass is 10.3. The Bertz CT molecular complexity index is 625. The summed E-state index contributed by atoms with van der Waals surface area (Å²) in [6.45, 7) is 0. The molecular weight excluding hydrogens is 301 g/mol. The lowest BCUT2D eigenvalue weighted by Crippen LogP contribution is -2.15. The average molecular weight is 311 g/mol. The Morgan fingerprint density at radius 2 is 1.95 bits per heavy atom. The van der Waals surface area contributed by atoms with Gasteiger partial charge in [-0.1, -0.05) is 0 Å². The first-order valence-corrected chi connectivity index (χ1v) is 7.42. The lowest BCUT2D eigenvalue weighted by molar-refractivity contribution is -0.113. The van der Waals surface area contributed by atoms with Gasteiger partial charge in [-0.15, -0.1) is 23.1 Å². The van der Waals surface area contributed by atoms with Crippen LogP contribution in [0.15, 0.2) is 40.6 Å². The van der Waals surface area contributed by atoms with Crippen molar-refractivity contribution in [2.45, 2.75) is 4.90 Å².